The van der Waals surface area contributed by atoms with E-state index < -0.39 is 0 Å². The lowest BCUT2D eigenvalue weighted by atomic mass is 10.0. The molecule has 1 atom stereocenters. The fourth-order valence-electron chi connectivity index (χ4n) is 2.59. The fourth-order valence-corrected chi connectivity index (χ4v) is 2.59. The number of carbonyl (C=O) groups is 1. The number of hydrogen-bond donors (Lipinski definition) is 2. The predicted molar refractivity (Wildman–Crippen MR) is 85.4 cm³/mol. The molecule has 0 spiro atoms. The number of likely N-dealkylation sites (tertiary alicyclic amines) is 1. The molecular weight excluding hydrogens is 274 g/mol. The number of amides is 1. The van der Waals surface area contributed by atoms with Gasteiger partial charge in [-0.05, 0) is 44.1 Å². The van der Waals surface area contributed by atoms with E-state index in [1.807, 2.05) is 19.2 Å². The minimum atomic E-state index is -0.0272. The van der Waals surface area contributed by atoms with Crippen LogP contribution in [0.15, 0.2) is 24.3 Å². The van der Waals surface area contributed by atoms with Gasteiger partial charge in [0.05, 0.1) is 0 Å². The highest BCUT2D eigenvalue weighted by atomic mass is 35.5. The lowest BCUT2D eigenvalue weighted by molar-refractivity contribution is -0.114. The Morgan fingerprint density at radius 1 is 1.35 bits per heavy atom. The summed E-state index contributed by atoms with van der Waals surface area (Å²) in [5.74, 6) is -0.0272. The van der Waals surface area contributed by atoms with Gasteiger partial charge >= 0.3 is 0 Å². The molecule has 1 amide bonds. The van der Waals surface area contributed by atoms with Gasteiger partial charge in [-0.25, -0.2) is 0 Å². The molecule has 0 saturated carbocycles. The maximum absolute atomic E-state index is 11.0. The Morgan fingerprint density at radius 2 is 2.05 bits per heavy atom. The Balaban J connectivity index is 0.00000200. The number of nitrogens with zero attached hydrogens (tertiary/aromatic N) is 1. The van der Waals surface area contributed by atoms with Crippen LogP contribution in [0.25, 0.3) is 0 Å². The topological polar surface area (TPSA) is 44.4 Å². The summed E-state index contributed by atoms with van der Waals surface area (Å²) in [7, 11) is 2.04. The lowest BCUT2D eigenvalue weighted by Crippen LogP contribution is -2.43. The van der Waals surface area contributed by atoms with Crippen LogP contribution in [0.4, 0.5) is 5.69 Å². The lowest BCUT2D eigenvalue weighted by Gasteiger charge is -2.32. The molecule has 2 N–H and O–H groups in total. The molecule has 1 unspecified atom stereocenters. The van der Waals surface area contributed by atoms with E-state index >= 15 is 0 Å². The number of rotatable bonds is 4. The van der Waals surface area contributed by atoms with Crippen molar-refractivity contribution in [1.29, 1.82) is 0 Å². The number of carbonyl (C=O) groups excluding carboxylic acids is 1. The second kappa shape index (κ2) is 8.25. The third-order valence-corrected chi connectivity index (χ3v) is 3.59. The SMILES string of the molecule is CNC1CCCN(Cc2ccc(NC(C)=O)cc2)C1.Cl. The van der Waals surface area contributed by atoms with Crippen LogP contribution < -0.4 is 10.6 Å². The molecule has 1 aromatic rings. The first-order chi connectivity index (χ1) is 9.17. The summed E-state index contributed by atoms with van der Waals surface area (Å²) in [6, 6.07) is 8.74. The first kappa shape index (κ1) is 17.0. The molecule has 0 bridgehead atoms. The third-order valence-electron chi connectivity index (χ3n) is 3.59. The highest BCUT2D eigenvalue weighted by molar-refractivity contribution is 5.88. The van der Waals surface area contributed by atoms with E-state index in [2.05, 4.69) is 27.7 Å². The third kappa shape index (κ3) is 5.12. The highest BCUT2D eigenvalue weighted by Gasteiger charge is 2.18. The van der Waals surface area contributed by atoms with Gasteiger partial charge in [-0.2, -0.15) is 0 Å². The van der Waals surface area contributed by atoms with Crippen molar-refractivity contribution in [3.63, 3.8) is 0 Å². The Kier molecular flexibility index (Phi) is 6.99. The van der Waals surface area contributed by atoms with E-state index in [9.17, 15) is 4.79 Å². The molecular formula is C15H24ClN3O. The molecule has 0 aromatic heterocycles. The number of halogens is 1. The Bertz CT molecular complexity index is 422. The van der Waals surface area contributed by atoms with Crippen molar-refractivity contribution < 1.29 is 4.79 Å². The maximum Gasteiger partial charge on any atom is 0.221 e. The molecule has 1 aliphatic rings. The first-order valence-corrected chi connectivity index (χ1v) is 6.93. The molecule has 1 aliphatic heterocycles. The zero-order valence-electron chi connectivity index (χ0n) is 12.2. The van der Waals surface area contributed by atoms with E-state index in [-0.39, 0.29) is 18.3 Å². The zero-order chi connectivity index (χ0) is 13.7. The van der Waals surface area contributed by atoms with E-state index in [4.69, 9.17) is 0 Å². The van der Waals surface area contributed by atoms with E-state index in [0.29, 0.717) is 6.04 Å². The van der Waals surface area contributed by atoms with E-state index in [1.165, 1.54) is 31.9 Å². The number of likely N-dealkylation sites (N-methyl/N-ethyl adjacent to an activating group) is 1. The summed E-state index contributed by atoms with van der Waals surface area (Å²) >= 11 is 0. The van der Waals surface area contributed by atoms with Crippen molar-refractivity contribution in [3.05, 3.63) is 29.8 Å². The van der Waals surface area contributed by atoms with Crippen LogP contribution in [0, 0.1) is 0 Å². The van der Waals surface area contributed by atoms with Gasteiger partial charge < -0.3 is 10.6 Å². The standard InChI is InChI=1S/C15H23N3O.ClH/c1-12(19)17-14-7-5-13(6-8-14)10-18-9-3-4-15(11-18)16-2;/h5-8,15-16H,3-4,9-11H2,1-2H3,(H,17,19);1H. The molecule has 5 heteroatoms. The summed E-state index contributed by atoms with van der Waals surface area (Å²) < 4.78 is 0. The van der Waals surface area contributed by atoms with Crippen LogP contribution in [0.5, 0.6) is 0 Å². The quantitative estimate of drug-likeness (QED) is 0.896. The van der Waals surface area contributed by atoms with E-state index in [0.717, 1.165) is 18.8 Å². The van der Waals surface area contributed by atoms with Crippen molar-refractivity contribution >= 4 is 24.0 Å². The molecule has 0 aliphatic carbocycles. The second-order valence-corrected chi connectivity index (χ2v) is 5.24. The summed E-state index contributed by atoms with van der Waals surface area (Å²) in [6.07, 6.45) is 2.53. The van der Waals surface area contributed by atoms with Gasteiger partial charge in [0.2, 0.25) is 5.91 Å². The molecule has 112 valence electrons. The minimum absolute atomic E-state index is 0. The van der Waals surface area contributed by atoms with Gasteiger partial charge in [-0.1, -0.05) is 12.1 Å². The number of benzene rings is 1. The van der Waals surface area contributed by atoms with Crippen molar-refractivity contribution in [3.8, 4) is 0 Å². The normalized spacial score (nSPS) is 19.2. The smallest absolute Gasteiger partial charge is 0.221 e. The number of nitrogens with one attached hydrogen (secondary N) is 2. The molecule has 1 aromatic carbocycles. The average molecular weight is 298 g/mol. The largest absolute Gasteiger partial charge is 0.326 e. The number of hydrogen-bond acceptors (Lipinski definition) is 3. The molecule has 1 fully saturated rings. The van der Waals surface area contributed by atoms with Gasteiger partial charge in [0.15, 0.2) is 0 Å². The van der Waals surface area contributed by atoms with Crippen LogP contribution in [0.2, 0.25) is 0 Å². The molecule has 1 heterocycles. The van der Waals surface area contributed by atoms with E-state index in [1.54, 1.807) is 0 Å². The van der Waals surface area contributed by atoms with Gasteiger partial charge in [-0.3, -0.25) is 9.69 Å². The van der Waals surface area contributed by atoms with Crippen LogP contribution in [0.1, 0.15) is 25.3 Å². The Hall–Kier alpha value is -1.10. The van der Waals surface area contributed by atoms with Crippen molar-refractivity contribution in [2.75, 3.05) is 25.5 Å². The monoisotopic (exact) mass is 297 g/mol. The summed E-state index contributed by atoms with van der Waals surface area (Å²) in [5, 5.41) is 6.15. The Morgan fingerprint density at radius 3 is 2.65 bits per heavy atom. The van der Waals surface area contributed by atoms with Gasteiger partial charge in [0.1, 0.15) is 0 Å². The van der Waals surface area contributed by atoms with Crippen molar-refractivity contribution in [1.82, 2.24) is 10.2 Å². The first-order valence-electron chi connectivity index (χ1n) is 6.93. The molecule has 0 radical (unpaired) electrons. The Labute approximate surface area is 127 Å². The van der Waals surface area contributed by atoms with Gasteiger partial charge in [0, 0.05) is 31.7 Å². The fraction of sp³-hybridized carbons (Fsp3) is 0.533. The number of piperidine rings is 1. The minimum Gasteiger partial charge on any atom is -0.326 e. The summed E-state index contributed by atoms with van der Waals surface area (Å²) in [4.78, 5) is 13.4. The van der Waals surface area contributed by atoms with Crippen molar-refractivity contribution in [2.24, 2.45) is 0 Å². The van der Waals surface area contributed by atoms with Crippen LogP contribution in [0.3, 0.4) is 0 Å². The van der Waals surface area contributed by atoms with Gasteiger partial charge in [-0.15, -0.1) is 12.4 Å². The van der Waals surface area contributed by atoms with Crippen LogP contribution in [-0.4, -0.2) is 37.0 Å². The van der Waals surface area contributed by atoms with Crippen LogP contribution >= 0.6 is 12.4 Å². The van der Waals surface area contributed by atoms with Crippen molar-refractivity contribution in [2.45, 2.75) is 32.4 Å². The summed E-state index contributed by atoms with van der Waals surface area (Å²) in [6.45, 7) is 4.80. The van der Waals surface area contributed by atoms with Gasteiger partial charge in [0.25, 0.3) is 0 Å². The number of anilines is 1. The summed E-state index contributed by atoms with van der Waals surface area (Å²) in [5.41, 5.74) is 2.16. The second-order valence-electron chi connectivity index (χ2n) is 5.24. The molecule has 1 saturated heterocycles. The predicted octanol–water partition coefficient (Wildman–Crippen LogP) is 2.25. The zero-order valence-corrected chi connectivity index (χ0v) is 13.0. The maximum atomic E-state index is 11.0. The highest BCUT2D eigenvalue weighted by Crippen LogP contribution is 2.15. The molecule has 20 heavy (non-hydrogen) atoms. The molecule has 2 rings (SSSR count). The molecule has 4 nitrogen and oxygen atoms in total. The van der Waals surface area contributed by atoms with Crippen LogP contribution in [-0.2, 0) is 11.3 Å². The average Bonchev–Trinajstić information content (AvgIpc) is 2.41.